The topological polar surface area (TPSA) is 67.8 Å². The Morgan fingerprint density at radius 3 is 3.00 bits per heavy atom. The highest BCUT2D eigenvalue weighted by molar-refractivity contribution is 6.31. The van der Waals surface area contributed by atoms with Crippen LogP contribution in [-0.4, -0.2) is 24.3 Å². The number of fused-ring (bicyclic) bond motifs is 1. The smallest absolute Gasteiger partial charge is 0.348 e. The van der Waals surface area contributed by atoms with Gasteiger partial charge in [0.1, 0.15) is 17.9 Å². The Kier molecular flexibility index (Phi) is 2.07. The average molecular weight is 194 g/mol. The fourth-order valence-corrected chi connectivity index (χ4v) is 1.54. The zero-order valence-electron chi connectivity index (χ0n) is 7.79. The largest absolute Gasteiger partial charge is 0.491 e. The number of aliphatic imine (C=N–C) groups is 1. The lowest BCUT2D eigenvalue weighted by molar-refractivity contribution is -0.116. The Morgan fingerprint density at radius 1 is 1.50 bits per heavy atom. The van der Waals surface area contributed by atoms with Crippen molar-refractivity contribution in [3.05, 3.63) is 11.3 Å². The van der Waals surface area contributed by atoms with Crippen LogP contribution in [0.4, 0.5) is 4.79 Å². The minimum Gasteiger partial charge on any atom is -0.491 e. The Morgan fingerprint density at radius 2 is 2.29 bits per heavy atom. The van der Waals surface area contributed by atoms with E-state index in [2.05, 4.69) is 10.3 Å². The molecule has 0 spiro atoms. The molecule has 5 heteroatoms. The Hall–Kier alpha value is -1.65. The van der Waals surface area contributed by atoms with Gasteiger partial charge in [0.15, 0.2) is 0 Å². The molecule has 0 bridgehead atoms. The fraction of sp³-hybridized carbons (Fsp3) is 0.444. The third-order valence-corrected chi connectivity index (χ3v) is 2.11. The molecule has 0 fully saturated rings. The maximum absolute atomic E-state index is 11.4. The van der Waals surface area contributed by atoms with Gasteiger partial charge in [-0.25, -0.2) is 4.79 Å². The monoisotopic (exact) mass is 194 g/mol. The molecule has 0 saturated heterocycles. The molecule has 0 aromatic carbocycles. The van der Waals surface area contributed by atoms with Crippen LogP contribution in [0.2, 0.25) is 0 Å². The van der Waals surface area contributed by atoms with Gasteiger partial charge in [0, 0.05) is 6.42 Å². The number of carbonyl (C=O) groups is 2. The molecule has 14 heavy (non-hydrogen) atoms. The standard InChI is InChI=1S/C9H10N2O3/c1-2-3-6-7-5(4-14-6)10-9(13)11-8(7)12/h2-4H2,1H3,(H,11,12,13). The highest BCUT2D eigenvalue weighted by Crippen LogP contribution is 2.23. The van der Waals surface area contributed by atoms with Gasteiger partial charge in [0.05, 0.1) is 5.71 Å². The molecule has 2 rings (SSSR count). The minimum absolute atomic E-state index is 0.240. The molecule has 0 unspecified atom stereocenters. The molecule has 0 atom stereocenters. The number of rotatable bonds is 2. The summed E-state index contributed by atoms with van der Waals surface area (Å²) >= 11 is 0. The van der Waals surface area contributed by atoms with E-state index >= 15 is 0 Å². The summed E-state index contributed by atoms with van der Waals surface area (Å²) in [5.41, 5.74) is 0.911. The van der Waals surface area contributed by atoms with E-state index < -0.39 is 6.03 Å². The molecule has 2 aliphatic heterocycles. The zero-order chi connectivity index (χ0) is 10.1. The maximum atomic E-state index is 11.4. The van der Waals surface area contributed by atoms with Crippen LogP contribution < -0.4 is 5.32 Å². The highest BCUT2D eigenvalue weighted by Gasteiger charge is 2.33. The highest BCUT2D eigenvalue weighted by atomic mass is 16.5. The number of hydrogen-bond donors (Lipinski definition) is 1. The van der Waals surface area contributed by atoms with Crippen molar-refractivity contribution < 1.29 is 14.3 Å². The second-order valence-corrected chi connectivity index (χ2v) is 3.15. The lowest BCUT2D eigenvalue weighted by atomic mass is 10.1. The van der Waals surface area contributed by atoms with E-state index in [1.807, 2.05) is 6.92 Å². The van der Waals surface area contributed by atoms with Gasteiger partial charge < -0.3 is 4.74 Å². The fourth-order valence-electron chi connectivity index (χ4n) is 1.54. The van der Waals surface area contributed by atoms with Gasteiger partial charge >= 0.3 is 6.03 Å². The number of amides is 3. The number of urea groups is 1. The van der Waals surface area contributed by atoms with Crippen LogP contribution in [0.15, 0.2) is 16.3 Å². The Balaban J connectivity index is 2.39. The van der Waals surface area contributed by atoms with Gasteiger partial charge in [0.2, 0.25) is 0 Å². The number of nitrogens with zero attached hydrogens (tertiary/aromatic N) is 1. The van der Waals surface area contributed by atoms with Gasteiger partial charge in [-0.3, -0.25) is 10.1 Å². The van der Waals surface area contributed by atoms with E-state index in [1.165, 1.54) is 0 Å². The molecule has 0 aromatic rings. The normalized spacial score (nSPS) is 20.2. The molecule has 0 aromatic heterocycles. The second-order valence-electron chi connectivity index (χ2n) is 3.15. The van der Waals surface area contributed by atoms with Crippen molar-refractivity contribution in [2.45, 2.75) is 19.8 Å². The summed E-state index contributed by atoms with van der Waals surface area (Å²) in [6.07, 6.45) is 1.60. The predicted molar refractivity (Wildman–Crippen MR) is 48.9 cm³/mol. The van der Waals surface area contributed by atoms with Gasteiger partial charge in [-0.05, 0) is 6.42 Å². The first-order chi connectivity index (χ1) is 6.72. The summed E-state index contributed by atoms with van der Waals surface area (Å²) in [5, 5.41) is 2.14. The summed E-state index contributed by atoms with van der Waals surface area (Å²) in [6.45, 7) is 2.24. The van der Waals surface area contributed by atoms with Crippen molar-refractivity contribution in [2.75, 3.05) is 6.61 Å². The average Bonchev–Trinajstić information content (AvgIpc) is 2.49. The summed E-state index contributed by atoms with van der Waals surface area (Å²) in [6, 6.07) is -0.602. The van der Waals surface area contributed by atoms with Crippen LogP contribution in [0.1, 0.15) is 19.8 Å². The first-order valence-electron chi connectivity index (χ1n) is 4.51. The van der Waals surface area contributed by atoms with E-state index in [1.54, 1.807) is 0 Å². The van der Waals surface area contributed by atoms with Crippen molar-refractivity contribution in [1.29, 1.82) is 0 Å². The van der Waals surface area contributed by atoms with Crippen LogP contribution >= 0.6 is 0 Å². The number of nitrogens with one attached hydrogen (secondary N) is 1. The Labute approximate surface area is 80.8 Å². The SMILES string of the molecule is CCCC1=C2C(=O)NC(=O)N=C2CO1. The molecular weight excluding hydrogens is 184 g/mol. The third kappa shape index (κ3) is 1.30. The number of allylic oxidation sites excluding steroid dienone is 1. The van der Waals surface area contributed by atoms with Crippen molar-refractivity contribution in [3.63, 3.8) is 0 Å². The van der Waals surface area contributed by atoms with Crippen LogP contribution in [-0.2, 0) is 9.53 Å². The van der Waals surface area contributed by atoms with Gasteiger partial charge in [-0.2, -0.15) is 4.99 Å². The van der Waals surface area contributed by atoms with Crippen molar-refractivity contribution in [3.8, 4) is 0 Å². The van der Waals surface area contributed by atoms with Crippen molar-refractivity contribution in [2.24, 2.45) is 4.99 Å². The van der Waals surface area contributed by atoms with Crippen LogP contribution in [0.25, 0.3) is 0 Å². The van der Waals surface area contributed by atoms with Gasteiger partial charge in [-0.15, -0.1) is 0 Å². The van der Waals surface area contributed by atoms with E-state index in [-0.39, 0.29) is 12.5 Å². The zero-order valence-corrected chi connectivity index (χ0v) is 7.79. The summed E-state index contributed by atoms with van der Waals surface area (Å²) < 4.78 is 5.29. The number of hydrogen-bond acceptors (Lipinski definition) is 3. The van der Waals surface area contributed by atoms with Crippen molar-refractivity contribution in [1.82, 2.24) is 5.32 Å². The van der Waals surface area contributed by atoms with Crippen LogP contribution in [0, 0.1) is 0 Å². The minimum atomic E-state index is -0.602. The third-order valence-electron chi connectivity index (χ3n) is 2.11. The van der Waals surface area contributed by atoms with Crippen LogP contribution in [0.3, 0.4) is 0 Å². The number of imide groups is 1. The van der Waals surface area contributed by atoms with Crippen molar-refractivity contribution >= 4 is 17.6 Å². The van der Waals surface area contributed by atoms with E-state index in [4.69, 9.17) is 4.74 Å². The first kappa shape index (κ1) is 8.93. The van der Waals surface area contributed by atoms with E-state index in [9.17, 15) is 9.59 Å². The second kappa shape index (κ2) is 3.25. The summed E-state index contributed by atoms with van der Waals surface area (Å²) in [5.74, 6) is 0.261. The summed E-state index contributed by atoms with van der Waals surface area (Å²) in [4.78, 5) is 26.0. The lowest BCUT2D eigenvalue weighted by Gasteiger charge is -2.08. The van der Waals surface area contributed by atoms with E-state index in [0.717, 1.165) is 6.42 Å². The van der Waals surface area contributed by atoms with Gasteiger partial charge in [-0.1, -0.05) is 6.92 Å². The molecule has 74 valence electrons. The number of carbonyl (C=O) groups excluding carboxylic acids is 2. The van der Waals surface area contributed by atoms with Crippen LogP contribution in [0.5, 0.6) is 0 Å². The molecule has 2 aliphatic rings. The number of ether oxygens (including phenoxy) is 1. The molecule has 3 amide bonds. The quantitative estimate of drug-likeness (QED) is 0.705. The molecule has 2 heterocycles. The molecule has 1 N–H and O–H groups in total. The predicted octanol–water partition coefficient (Wildman–Crippen LogP) is 0.762. The summed E-state index contributed by atoms with van der Waals surface area (Å²) in [7, 11) is 0. The maximum Gasteiger partial charge on any atom is 0.348 e. The van der Waals surface area contributed by atoms with Gasteiger partial charge in [0.25, 0.3) is 5.91 Å². The molecule has 0 aliphatic carbocycles. The Bertz CT molecular complexity index is 368. The first-order valence-corrected chi connectivity index (χ1v) is 4.51. The van der Waals surface area contributed by atoms with E-state index in [0.29, 0.717) is 23.5 Å². The molecule has 0 saturated carbocycles. The lowest BCUT2D eigenvalue weighted by Crippen LogP contribution is -2.37. The molecule has 0 radical (unpaired) electrons. The molecular formula is C9H10N2O3. The molecule has 5 nitrogen and oxygen atoms in total.